The Kier molecular flexibility index (Phi) is 3.67. The number of halogens is 3. The van der Waals surface area contributed by atoms with Gasteiger partial charge in [0.15, 0.2) is 0 Å². The molecule has 0 bridgehead atoms. The molecule has 0 saturated carbocycles. The standard InChI is InChI=1S/C4H5F3O5S/c1-2-3(8)11-12-13(9,10)4(5,6)7/h2H2,1H3. The van der Waals surface area contributed by atoms with Crippen LogP contribution in [0.1, 0.15) is 13.3 Å². The highest BCUT2D eigenvalue weighted by atomic mass is 32.2. The third kappa shape index (κ3) is 3.59. The zero-order valence-electron chi connectivity index (χ0n) is 6.29. The van der Waals surface area contributed by atoms with Crippen molar-refractivity contribution in [1.82, 2.24) is 0 Å². The van der Waals surface area contributed by atoms with E-state index in [4.69, 9.17) is 0 Å². The number of carbonyl (C=O) groups excluding carboxylic acids is 1. The van der Waals surface area contributed by atoms with Crippen molar-refractivity contribution in [3.05, 3.63) is 0 Å². The van der Waals surface area contributed by atoms with Crippen molar-refractivity contribution < 1.29 is 35.6 Å². The van der Waals surface area contributed by atoms with Gasteiger partial charge in [-0.1, -0.05) is 6.92 Å². The van der Waals surface area contributed by atoms with Gasteiger partial charge < -0.3 is 0 Å². The van der Waals surface area contributed by atoms with Crippen LogP contribution in [0.15, 0.2) is 0 Å². The molecule has 0 aliphatic carbocycles. The minimum Gasteiger partial charge on any atom is -0.281 e. The molecule has 0 atom stereocenters. The van der Waals surface area contributed by atoms with Gasteiger partial charge in [-0.25, -0.2) is 4.79 Å². The third-order valence-corrected chi connectivity index (χ3v) is 1.60. The fourth-order valence-electron chi connectivity index (χ4n) is 0.180. The zero-order valence-corrected chi connectivity index (χ0v) is 7.11. The number of alkyl halides is 3. The zero-order chi connectivity index (χ0) is 10.7. The highest BCUT2D eigenvalue weighted by Gasteiger charge is 2.49. The number of rotatable bonds is 3. The quantitative estimate of drug-likeness (QED) is 0.399. The molecule has 0 aliphatic rings. The van der Waals surface area contributed by atoms with Gasteiger partial charge in [-0.3, -0.25) is 4.89 Å². The summed E-state index contributed by atoms with van der Waals surface area (Å²) in [4.78, 5) is 13.5. The highest BCUT2D eigenvalue weighted by Crippen LogP contribution is 2.24. The van der Waals surface area contributed by atoms with Crippen LogP contribution in [0.25, 0.3) is 0 Å². The van der Waals surface area contributed by atoms with Crippen molar-refractivity contribution in [2.45, 2.75) is 18.9 Å². The Morgan fingerprint density at radius 3 is 2.15 bits per heavy atom. The summed E-state index contributed by atoms with van der Waals surface area (Å²) in [6.07, 6.45) is -0.298. The lowest BCUT2D eigenvalue weighted by atomic mass is 10.5. The van der Waals surface area contributed by atoms with E-state index in [9.17, 15) is 26.4 Å². The van der Waals surface area contributed by atoms with E-state index in [0.717, 1.165) is 0 Å². The summed E-state index contributed by atoms with van der Waals surface area (Å²) >= 11 is 0. The van der Waals surface area contributed by atoms with Crippen LogP contribution in [0.3, 0.4) is 0 Å². The largest absolute Gasteiger partial charge is 0.526 e. The molecule has 0 aliphatic heterocycles. The fraction of sp³-hybridized carbons (Fsp3) is 0.750. The van der Waals surface area contributed by atoms with Crippen molar-refractivity contribution in [3.63, 3.8) is 0 Å². The molecule has 0 radical (unpaired) electrons. The van der Waals surface area contributed by atoms with Crippen molar-refractivity contribution in [3.8, 4) is 0 Å². The number of hydrogen-bond acceptors (Lipinski definition) is 5. The molecular formula is C4H5F3O5S. The van der Waals surface area contributed by atoms with E-state index in [1.807, 2.05) is 0 Å². The Morgan fingerprint density at radius 2 is 1.85 bits per heavy atom. The average molecular weight is 222 g/mol. The second-order valence-corrected chi connectivity index (χ2v) is 3.28. The predicted molar refractivity (Wildman–Crippen MR) is 32.4 cm³/mol. The van der Waals surface area contributed by atoms with Crippen LogP contribution in [0.5, 0.6) is 0 Å². The molecular weight excluding hydrogens is 217 g/mol. The lowest BCUT2D eigenvalue weighted by Crippen LogP contribution is -2.26. The van der Waals surface area contributed by atoms with Gasteiger partial charge in [-0.05, 0) is 4.33 Å². The maximum Gasteiger partial charge on any atom is 0.526 e. The van der Waals surface area contributed by atoms with Crippen LogP contribution in [0, 0.1) is 0 Å². The van der Waals surface area contributed by atoms with Gasteiger partial charge in [0.25, 0.3) is 0 Å². The van der Waals surface area contributed by atoms with Gasteiger partial charge in [0, 0.05) is 6.42 Å². The summed E-state index contributed by atoms with van der Waals surface area (Å²) in [6, 6.07) is 0. The van der Waals surface area contributed by atoms with Crippen LogP contribution >= 0.6 is 0 Å². The van der Waals surface area contributed by atoms with E-state index < -0.39 is 21.6 Å². The summed E-state index contributed by atoms with van der Waals surface area (Å²) in [7, 11) is -5.85. The van der Waals surface area contributed by atoms with Gasteiger partial charge in [-0.2, -0.15) is 21.6 Å². The first-order valence-corrected chi connectivity index (χ1v) is 4.31. The summed E-state index contributed by atoms with van der Waals surface area (Å²) in [6.45, 7) is 1.26. The number of carbonyl (C=O) groups is 1. The minimum atomic E-state index is -5.85. The Morgan fingerprint density at radius 1 is 1.38 bits per heavy atom. The van der Waals surface area contributed by atoms with E-state index in [1.54, 1.807) is 0 Å². The Labute approximate surface area is 71.5 Å². The van der Waals surface area contributed by atoms with Gasteiger partial charge in [0.2, 0.25) is 0 Å². The van der Waals surface area contributed by atoms with Crippen molar-refractivity contribution in [1.29, 1.82) is 0 Å². The predicted octanol–water partition coefficient (Wildman–Crippen LogP) is 0.721. The first kappa shape index (κ1) is 12.2. The SMILES string of the molecule is CCC(=O)OOS(=O)(=O)C(F)(F)F. The second kappa shape index (κ2) is 3.92. The average Bonchev–Trinajstić information content (AvgIpc) is 1.98. The van der Waals surface area contributed by atoms with Crippen LogP contribution in [0.2, 0.25) is 0 Å². The van der Waals surface area contributed by atoms with Crippen LogP contribution in [-0.4, -0.2) is 19.9 Å². The third-order valence-electron chi connectivity index (χ3n) is 0.789. The molecule has 0 fully saturated rings. The van der Waals surface area contributed by atoms with Gasteiger partial charge in [0.1, 0.15) is 0 Å². The summed E-state index contributed by atoms with van der Waals surface area (Å²) < 4.78 is 57.5. The molecule has 0 heterocycles. The van der Waals surface area contributed by atoms with Crippen molar-refractivity contribution in [2.75, 3.05) is 0 Å². The monoisotopic (exact) mass is 222 g/mol. The maximum absolute atomic E-state index is 11.5. The van der Waals surface area contributed by atoms with Crippen LogP contribution in [-0.2, 0) is 24.1 Å². The van der Waals surface area contributed by atoms with Crippen molar-refractivity contribution >= 4 is 16.1 Å². The number of hydrogen-bond donors (Lipinski definition) is 0. The van der Waals surface area contributed by atoms with Gasteiger partial charge in [0.05, 0.1) is 0 Å². The Balaban J connectivity index is 4.30. The Hall–Kier alpha value is -0.830. The first-order valence-electron chi connectivity index (χ1n) is 2.91. The maximum atomic E-state index is 11.5. The summed E-state index contributed by atoms with van der Waals surface area (Å²) in [5.41, 5.74) is -5.60. The highest BCUT2D eigenvalue weighted by molar-refractivity contribution is 7.87. The molecule has 0 unspecified atom stereocenters. The Bertz CT molecular complexity index is 279. The molecule has 0 aromatic rings. The van der Waals surface area contributed by atoms with E-state index in [2.05, 4.69) is 9.22 Å². The molecule has 0 N–H and O–H groups in total. The molecule has 0 amide bonds. The lowest BCUT2D eigenvalue weighted by Gasteiger charge is -2.05. The van der Waals surface area contributed by atoms with Gasteiger partial charge in [-0.15, -0.1) is 0 Å². The molecule has 9 heteroatoms. The van der Waals surface area contributed by atoms with E-state index in [-0.39, 0.29) is 6.42 Å². The summed E-state index contributed by atoms with van der Waals surface area (Å²) in [5.74, 6) is -1.21. The molecule has 0 spiro atoms. The molecule has 78 valence electrons. The van der Waals surface area contributed by atoms with Crippen LogP contribution in [0.4, 0.5) is 13.2 Å². The summed E-state index contributed by atoms with van der Waals surface area (Å²) in [5, 5.41) is 0. The molecule has 0 aromatic heterocycles. The normalized spacial score (nSPS) is 12.6. The lowest BCUT2D eigenvalue weighted by molar-refractivity contribution is -0.217. The smallest absolute Gasteiger partial charge is 0.281 e. The molecule has 13 heavy (non-hydrogen) atoms. The molecule has 0 rings (SSSR count). The van der Waals surface area contributed by atoms with E-state index in [0.29, 0.717) is 0 Å². The van der Waals surface area contributed by atoms with Gasteiger partial charge >= 0.3 is 21.6 Å². The molecule has 5 nitrogen and oxygen atoms in total. The topological polar surface area (TPSA) is 69.7 Å². The fourth-order valence-corrected chi connectivity index (χ4v) is 0.423. The molecule has 0 saturated heterocycles. The first-order chi connectivity index (χ1) is 5.70. The van der Waals surface area contributed by atoms with Crippen LogP contribution < -0.4 is 0 Å². The second-order valence-electron chi connectivity index (χ2n) is 1.78. The van der Waals surface area contributed by atoms with E-state index in [1.165, 1.54) is 6.92 Å². The molecule has 0 aromatic carbocycles. The van der Waals surface area contributed by atoms with Crippen molar-refractivity contribution in [2.24, 2.45) is 0 Å². The minimum absolute atomic E-state index is 0.298. The van der Waals surface area contributed by atoms with E-state index >= 15 is 0 Å².